The standard InChI is InChI=1S/C19H29NO4/c1-12(2)23-14-9-10-15(13(3)11-14)16(21)19(7,8)20-17(22)24-18(4,5)6/h9-12H,1-8H3,(H,20,22). The number of aryl methyl sites for hydroxylation is 1. The van der Waals surface area contributed by atoms with Crippen LogP contribution in [0.4, 0.5) is 4.79 Å². The molecule has 0 saturated carbocycles. The summed E-state index contributed by atoms with van der Waals surface area (Å²) in [6.07, 6.45) is -0.547. The molecule has 0 saturated heterocycles. The zero-order chi connectivity index (χ0) is 18.7. The van der Waals surface area contributed by atoms with Crippen LogP contribution >= 0.6 is 0 Å². The van der Waals surface area contributed by atoms with Crippen molar-refractivity contribution >= 4 is 11.9 Å². The molecule has 1 aromatic rings. The van der Waals surface area contributed by atoms with Crippen molar-refractivity contribution in [2.75, 3.05) is 0 Å². The van der Waals surface area contributed by atoms with Crippen LogP contribution < -0.4 is 10.1 Å². The fourth-order valence-electron chi connectivity index (χ4n) is 2.19. The molecule has 0 aliphatic carbocycles. The zero-order valence-electron chi connectivity index (χ0n) is 15.9. The van der Waals surface area contributed by atoms with Gasteiger partial charge in [0, 0.05) is 5.56 Å². The number of hydrogen-bond acceptors (Lipinski definition) is 4. The number of alkyl carbamates (subject to hydrolysis) is 1. The van der Waals surface area contributed by atoms with E-state index < -0.39 is 17.2 Å². The van der Waals surface area contributed by atoms with Gasteiger partial charge in [0.25, 0.3) is 0 Å². The number of carbonyl (C=O) groups excluding carboxylic acids is 2. The third-order valence-corrected chi connectivity index (χ3v) is 3.20. The molecule has 0 fully saturated rings. The summed E-state index contributed by atoms with van der Waals surface area (Å²) in [7, 11) is 0. The van der Waals surface area contributed by atoms with Gasteiger partial charge < -0.3 is 14.8 Å². The van der Waals surface area contributed by atoms with Crippen LogP contribution in [0, 0.1) is 6.92 Å². The average Bonchev–Trinajstić information content (AvgIpc) is 2.34. The maximum atomic E-state index is 12.8. The fourth-order valence-corrected chi connectivity index (χ4v) is 2.19. The van der Waals surface area contributed by atoms with Gasteiger partial charge in [-0.05, 0) is 79.2 Å². The van der Waals surface area contributed by atoms with Gasteiger partial charge in [-0.15, -0.1) is 0 Å². The topological polar surface area (TPSA) is 64.6 Å². The van der Waals surface area contributed by atoms with E-state index in [-0.39, 0.29) is 11.9 Å². The van der Waals surface area contributed by atoms with Crippen molar-refractivity contribution in [2.45, 2.75) is 72.6 Å². The van der Waals surface area contributed by atoms with Gasteiger partial charge in [0.1, 0.15) is 16.9 Å². The molecule has 0 bridgehead atoms. The number of carbonyl (C=O) groups is 2. The largest absolute Gasteiger partial charge is 0.491 e. The normalized spacial score (nSPS) is 12.0. The summed E-state index contributed by atoms with van der Waals surface area (Å²) < 4.78 is 10.9. The molecule has 1 rings (SSSR count). The molecule has 24 heavy (non-hydrogen) atoms. The molecule has 0 aliphatic heterocycles. The average molecular weight is 335 g/mol. The molecule has 1 N–H and O–H groups in total. The Morgan fingerprint density at radius 1 is 1.08 bits per heavy atom. The molecule has 5 heteroatoms. The van der Waals surface area contributed by atoms with Crippen molar-refractivity contribution in [2.24, 2.45) is 0 Å². The molecule has 0 atom stereocenters. The maximum Gasteiger partial charge on any atom is 0.408 e. The van der Waals surface area contributed by atoms with Gasteiger partial charge in [-0.3, -0.25) is 4.79 Å². The van der Waals surface area contributed by atoms with Crippen LogP contribution in [0.2, 0.25) is 0 Å². The highest BCUT2D eigenvalue weighted by molar-refractivity contribution is 6.05. The second-order valence-corrected chi connectivity index (χ2v) is 7.72. The number of amides is 1. The lowest BCUT2D eigenvalue weighted by atomic mass is 9.90. The smallest absolute Gasteiger partial charge is 0.408 e. The van der Waals surface area contributed by atoms with Crippen LogP contribution in [0.1, 0.15) is 64.4 Å². The molecule has 0 aromatic heterocycles. The molecule has 0 radical (unpaired) electrons. The quantitative estimate of drug-likeness (QED) is 0.816. The number of nitrogens with one attached hydrogen (secondary N) is 1. The fraction of sp³-hybridized carbons (Fsp3) is 0.579. The van der Waals surface area contributed by atoms with E-state index in [1.807, 2.05) is 26.8 Å². The molecule has 1 amide bonds. The van der Waals surface area contributed by atoms with Crippen LogP contribution in [0.15, 0.2) is 18.2 Å². The third kappa shape index (κ3) is 5.87. The highest BCUT2D eigenvalue weighted by atomic mass is 16.6. The Hall–Kier alpha value is -2.04. The van der Waals surface area contributed by atoms with E-state index in [9.17, 15) is 9.59 Å². The summed E-state index contributed by atoms with van der Waals surface area (Å²) in [5.74, 6) is 0.541. The molecule has 0 spiro atoms. The van der Waals surface area contributed by atoms with E-state index in [0.717, 1.165) is 11.3 Å². The molecule has 1 aromatic carbocycles. The van der Waals surface area contributed by atoms with Crippen molar-refractivity contribution in [3.8, 4) is 5.75 Å². The molecule has 5 nitrogen and oxygen atoms in total. The molecule has 0 unspecified atom stereocenters. The number of ether oxygens (including phenoxy) is 2. The van der Waals surface area contributed by atoms with Gasteiger partial charge in [0.15, 0.2) is 5.78 Å². The molecule has 134 valence electrons. The van der Waals surface area contributed by atoms with E-state index in [4.69, 9.17) is 9.47 Å². The molecular formula is C19H29NO4. The van der Waals surface area contributed by atoms with Crippen LogP contribution in [0.25, 0.3) is 0 Å². The van der Waals surface area contributed by atoms with Crippen LogP contribution in [-0.2, 0) is 4.74 Å². The first kappa shape index (κ1) is 20.0. The second kappa shape index (κ2) is 7.24. The highest BCUT2D eigenvalue weighted by Gasteiger charge is 2.33. The van der Waals surface area contributed by atoms with Crippen molar-refractivity contribution in [3.63, 3.8) is 0 Å². The molecule has 0 heterocycles. The third-order valence-electron chi connectivity index (χ3n) is 3.20. The number of Topliss-reactive ketones (excluding diaryl/α,β-unsaturated/α-hetero) is 1. The van der Waals surface area contributed by atoms with Crippen molar-refractivity contribution in [1.82, 2.24) is 5.32 Å². The van der Waals surface area contributed by atoms with Gasteiger partial charge in [0.2, 0.25) is 0 Å². The Bertz CT molecular complexity index is 612. The van der Waals surface area contributed by atoms with E-state index in [0.29, 0.717) is 5.56 Å². The summed E-state index contributed by atoms with van der Waals surface area (Å²) in [5, 5.41) is 2.64. The minimum atomic E-state index is -1.08. The lowest BCUT2D eigenvalue weighted by molar-refractivity contribution is 0.0454. The lowest BCUT2D eigenvalue weighted by Crippen LogP contribution is -2.51. The van der Waals surface area contributed by atoms with Crippen molar-refractivity contribution in [1.29, 1.82) is 0 Å². The SMILES string of the molecule is Cc1cc(OC(C)C)ccc1C(=O)C(C)(C)NC(=O)OC(C)(C)C. The van der Waals surface area contributed by atoms with E-state index in [1.165, 1.54) is 0 Å². The van der Waals surface area contributed by atoms with Crippen LogP contribution in [0.5, 0.6) is 5.75 Å². The highest BCUT2D eigenvalue weighted by Crippen LogP contribution is 2.22. The van der Waals surface area contributed by atoms with Crippen molar-refractivity contribution in [3.05, 3.63) is 29.3 Å². The predicted octanol–water partition coefficient (Wildman–Crippen LogP) is 4.27. The first-order chi connectivity index (χ1) is 10.8. The van der Waals surface area contributed by atoms with E-state index in [1.54, 1.807) is 46.8 Å². The van der Waals surface area contributed by atoms with E-state index >= 15 is 0 Å². The Morgan fingerprint density at radius 2 is 1.67 bits per heavy atom. The van der Waals surface area contributed by atoms with Gasteiger partial charge in [-0.2, -0.15) is 0 Å². The van der Waals surface area contributed by atoms with Crippen LogP contribution in [-0.4, -0.2) is 29.1 Å². The van der Waals surface area contributed by atoms with Crippen LogP contribution in [0.3, 0.4) is 0 Å². The monoisotopic (exact) mass is 335 g/mol. The van der Waals surface area contributed by atoms with E-state index in [2.05, 4.69) is 5.32 Å². The lowest BCUT2D eigenvalue weighted by Gasteiger charge is -2.28. The van der Waals surface area contributed by atoms with Gasteiger partial charge in [-0.1, -0.05) is 0 Å². The number of rotatable bonds is 5. The van der Waals surface area contributed by atoms with Gasteiger partial charge >= 0.3 is 6.09 Å². The number of benzene rings is 1. The first-order valence-electron chi connectivity index (χ1n) is 8.15. The Kier molecular flexibility index (Phi) is 6.04. The zero-order valence-corrected chi connectivity index (χ0v) is 15.9. The van der Waals surface area contributed by atoms with Gasteiger partial charge in [0.05, 0.1) is 6.10 Å². The summed E-state index contributed by atoms with van der Waals surface area (Å²) in [6.45, 7) is 14.4. The second-order valence-electron chi connectivity index (χ2n) is 7.72. The number of ketones is 1. The van der Waals surface area contributed by atoms with Gasteiger partial charge in [-0.25, -0.2) is 4.79 Å². The Morgan fingerprint density at radius 3 is 2.12 bits per heavy atom. The summed E-state index contributed by atoms with van der Waals surface area (Å²) in [4.78, 5) is 24.8. The summed E-state index contributed by atoms with van der Waals surface area (Å²) in [6, 6.07) is 5.33. The minimum Gasteiger partial charge on any atom is -0.491 e. The minimum absolute atomic E-state index is 0.0660. The first-order valence-corrected chi connectivity index (χ1v) is 8.15. The molecule has 0 aliphatic rings. The predicted molar refractivity (Wildman–Crippen MR) is 94.7 cm³/mol. The summed E-state index contributed by atoms with van der Waals surface area (Å²) >= 11 is 0. The molecular weight excluding hydrogens is 306 g/mol. The van der Waals surface area contributed by atoms with Crippen molar-refractivity contribution < 1.29 is 19.1 Å². The Balaban J connectivity index is 2.93. The summed E-state index contributed by atoms with van der Waals surface area (Å²) in [5.41, 5.74) is -0.341. The number of hydrogen-bond donors (Lipinski definition) is 1. The Labute approximate surface area is 144 Å². The maximum absolute atomic E-state index is 12.8.